The van der Waals surface area contributed by atoms with Crippen molar-refractivity contribution in [2.24, 2.45) is 4.99 Å². The Morgan fingerprint density at radius 2 is 2.10 bits per heavy atom. The van der Waals surface area contributed by atoms with Crippen molar-refractivity contribution in [3.05, 3.63) is 47.0 Å². The Bertz CT molecular complexity index is 893. The Hall–Kier alpha value is -2.62. The van der Waals surface area contributed by atoms with Crippen LogP contribution in [0.25, 0.3) is 0 Å². The van der Waals surface area contributed by atoms with E-state index < -0.39 is 12.8 Å². The molecule has 3 rings (SSSR count). The standard InChI is InChI=1S/C21H29F3N6O/c1-14(2)19-28-18-8-7-17(11-30(18)29-19)27-20(25-3)26-10-15-5-4-6-16(9-15)12-31-13-21(22,23)24/h4-6,9,14,17H,7-8,10-13H2,1-3H3,(H2,25,26,27). The van der Waals surface area contributed by atoms with E-state index in [2.05, 4.69) is 39.6 Å². The summed E-state index contributed by atoms with van der Waals surface area (Å²) in [5.74, 6) is 2.86. The predicted octanol–water partition coefficient (Wildman–Crippen LogP) is 3.16. The number of hydrogen-bond donors (Lipinski definition) is 2. The number of ether oxygens (including phenoxy) is 1. The van der Waals surface area contributed by atoms with Gasteiger partial charge in [0.15, 0.2) is 11.8 Å². The molecule has 0 bridgehead atoms. The number of benzene rings is 1. The molecule has 2 heterocycles. The first-order valence-electron chi connectivity index (χ1n) is 10.4. The fourth-order valence-corrected chi connectivity index (χ4v) is 3.38. The molecular formula is C21H29F3N6O. The topological polar surface area (TPSA) is 76.4 Å². The van der Waals surface area contributed by atoms with E-state index in [1.54, 1.807) is 19.2 Å². The van der Waals surface area contributed by atoms with Crippen molar-refractivity contribution in [3.63, 3.8) is 0 Å². The fourth-order valence-electron chi connectivity index (χ4n) is 3.38. The van der Waals surface area contributed by atoms with Gasteiger partial charge in [0, 0.05) is 32.0 Å². The summed E-state index contributed by atoms with van der Waals surface area (Å²) < 4.78 is 43.4. The van der Waals surface area contributed by atoms with Gasteiger partial charge in [-0.05, 0) is 17.5 Å². The molecule has 0 radical (unpaired) electrons. The minimum atomic E-state index is -4.32. The van der Waals surface area contributed by atoms with Crippen LogP contribution in [0.1, 0.15) is 49.0 Å². The van der Waals surface area contributed by atoms with Crippen molar-refractivity contribution >= 4 is 5.96 Å². The van der Waals surface area contributed by atoms with E-state index in [0.717, 1.165) is 36.6 Å². The maximum atomic E-state index is 12.2. The van der Waals surface area contributed by atoms with Crippen molar-refractivity contribution in [3.8, 4) is 0 Å². The van der Waals surface area contributed by atoms with E-state index in [-0.39, 0.29) is 12.6 Å². The molecule has 2 N–H and O–H groups in total. The Morgan fingerprint density at radius 1 is 1.32 bits per heavy atom. The average Bonchev–Trinajstić information content (AvgIpc) is 3.14. The van der Waals surface area contributed by atoms with Crippen LogP contribution in [0.5, 0.6) is 0 Å². The highest BCUT2D eigenvalue weighted by molar-refractivity contribution is 5.79. The second kappa shape index (κ2) is 10.1. The molecule has 7 nitrogen and oxygen atoms in total. The summed E-state index contributed by atoms with van der Waals surface area (Å²) >= 11 is 0. The van der Waals surface area contributed by atoms with E-state index in [0.29, 0.717) is 24.0 Å². The molecule has 1 aromatic heterocycles. The van der Waals surface area contributed by atoms with Gasteiger partial charge in [0.1, 0.15) is 12.4 Å². The number of hydrogen-bond acceptors (Lipinski definition) is 4. The molecule has 1 aromatic carbocycles. The van der Waals surface area contributed by atoms with E-state index >= 15 is 0 Å². The second-order valence-electron chi connectivity index (χ2n) is 7.96. The number of nitrogens with one attached hydrogen (secondary N) is 2. The lowest BCUT2D eigenvalue weighted by molar-refractivity contribution is -0.176. The fraction of sp³-hybridized carbons (Fsp3) is 0.571. The van der Waals surface area contributed by atoms with Crippen molar-refractivity contribution < 1.29 is 17.9 Å². The zero-order valence-electron chi connectivity index (χ0n) is 18.0. The normalized spacial score (nSPS) is 17.0. The van der Waals surface area contributed by atoms with Crippen molar-refractivity contribution in [1.29, 1.82) is 0 Å². The third-order valence-electron chi connectivity index (χ3n) is 4.94. The molecule has 0 saturated carbocycles. The maximum absolute atomic E-state index is 12.2. The highest BCUT2D eigenvalue weighted by Crippen LogP contribution is 2.17. The van der Waals surface area contributed by atoms with E-state index in [4.69, 9.17) is 4.74 Å². The molecule has 1 aliphatic heterocycles. The van der Waals surface area contributed by atoms with Gasteiger partial charge in [0.05, 0.1) is 13.2 Å². The van der Waals surface area contributed by atoms with Crippen LogP contribution >= 0.6 is 0 Å². The smallest absolute Gasteiger partial charge is 0.367 e. The zero-order valence-corrected chi connectivity index (χ0v) is 18.0. The lowest BCUT2D eigenvalue weighted by atomic mass is 10.1. The molecule has 10 heteroatoms. The number of halogens is 3. The largest absolute Gasteiger partial charge is 0.411 e. The van der Waals surface area contributed by atoms with Crippen LogP contribution in [0.15, 0.2) is 29.3 Å². The predicted molar refractivity (Wildman–Crippen MR) is 112 cm³/mol. The molecule has 0 fully saturated rings. The number of alkyl halides is 3. The van der Waals surface area contributed by atoms with Crippen LogP contribution < -0.4 is 10.6 Å². The Morgan fingerprint density at radius 3 is 2.81 bits per heavy atom. The average molecular weight is 438 g/mol. The van der Waals surface area contributed by atoms with E-state index in [1.807, 2.05) is 16.8 Å². The number of aryl methyl sites for hydroxylation is 1. The van der Waals surface area contributed by atoms with Crippen LogP contribution in [0.2, 0.25) is 0 Å². The molecule has 1 atom stereocenters. The second-order valence-corrected chi connectivity index (χ2v) is 7.96. The number of nitrogens with zero attached hydrogens (tertiary/aromatic N) is 4. The van der Waals surface area contributed by atoms with Gasteiger partial charge in [-0.1, -0.05) is 38.1 Å². The number of aliphatic imine (C=N–C) groups is 1. The summed E-state index contributed by atoms with van der Waals surface area (Å²) in [6.45, 7) is 4.05. The first-order chi connectivity index (χ1) is 14.7. The van der Waals surface area contributed by atoms with E-state index in [9.17, 15) is 13.2 Å². The summed E-state index contributed by atoms with van der Waals surface area (Å²) in [7, 11) is 1.71. The molecular weight excluding hydrogens is 409 g/mol. The molecule has 2 aromatic rings. The first-order valence-corrected chi connectivity index (χ1v) is 10.4. The number of aromatic nitrogens is 3. The van der Waals surface area contributed by atoms with Crippen LogP contribution in [0.3, 0.4) is 0 Å². The minimum absolute atomic E-state index is 0.0823. The summed E-state index contributed by atoms with van der Waals surface area (Å²) in [5, 5.41) is 11.3. The van der Waals surface area contributed by atoms with Gasteiger partial charge in [-0.3, -0.25) is 4.99 Å². The van der Waals surface area contributed by atoms with Crippen molar-refractivity contribution in [1.82, 2.24) is 25.4 Å². The van der Waals surface area contributed by atoms with Gasteiger partial charge in [0.25, 0.3) is 0 Å². The molecule has 1 unspecified atom stereocenters. The molecule has 170 valence electrons. The third kappa shape index (κ3) is 6.95. The number of guanidine groups is 1. The molecule has 1 aliphatic rings. The Balaban J connectivity index is 1.50. The molecule has 0 saturated heterocycles. The minimum Gasteiger partial charge on any atom is -0.367 e. The molecule has 0 aliphatic carbocycles. The van der Waals surface area contributed by atoms with Gasteiger partial charge in [-0.15, -0.1) is 0 Å². The summed E-state index contributed by atoms with van der Waals surface area (Å²) in [6.07, 6.45) is -2.53. The Labute approximate surface area is 180 Å². The van der Waals surface area contributed by atoms with Crippen molar-refractivity contribution in [2.45, 2.75) is 64.5 Å². The molecule has 31 heavy (non-hydrogen) atoms. The van der Waals surface area contributed by atoms with Crippen LogP contribution in [0.4, 0.5) is 13.2 Å². The number of fused-ring (bicyclic) bond motifs is 1. The lowest BCUT2D eigenvalue weighted by Gasteiger charge is -2.25. The highest BCUT2D eigenvalue weighted by Gasteiger charge is 2.27. The quantitative estimate of drug-likeness (QED) is 0.513. The van der Waals surface area contributed by atoms with Gasteiger partial charge < -0.3 is 15.4 Å². The zero-order chi connectivity index (χ0) is 22.4. The van der Waals surface area contributed by atoms with Crippen LogP contribution in [-0.2, 0) is 30.9 Å². The third-order valence-corrected chi connectivity index (χ3v) is 4.94. The van der Waals surface area contributed by atoms with Crippen LogP contribution in [0, 0.1) is 0 Å². The summed E-state index contributed by atoms with van der Waals surface area (Å²) in [5.41, 5.74) is 1.62. The first kappa shape index (κ1) is 23.1. The van der Waals surface area contributed by atoms with Gasteiger partial charge >= 0.3 is 6.18 Å². The Kier molecular flexibility index (Phi) is 7.53. The summed E-state index contributed by atoms with van der Waals surface area (Å²) in [6, 6.07) is 7.47. The monoisotopic (exact) mass is 438 g/mol. The lowest BCUT2D eigenvalue weighted by Crippen LogP contribution is -2.46. The van der Waals surface area contributed by atoms with E-state index in [1.165, 1.54) is 0 Å². The SMILES string of the molecule is CN=C(NCc1cccc(COCC(F)(F)F)c1)NC1CCc2nc(C(C)C)nn2C1. The maximum Gasteiger partial charge on any atom is 0.411 e. The molecule has 0 amide bonds. The van der Waals surface area contributed by atoms with Gasteiger partial charge in [-0.2, -0.15) is 18.3 Å². The van der Waals surface area contributed by atoms with Gasteiger partial charge in [-0.25, -0.2) is 9.67 Å². The molecule has 0 spiro atoms. The van der Waals surface area contributed by atoms with Gasteiger partial charge in [0.2, 0.25) is 0 Å². The summed E-state index contributed by atoms with van der Waals surface area (Å²) in [4.78, 5) is 8.89. The van der Waals surface area contributed by atoms with Crippen molar-refractivity contribution in [2.75, 3.05) is 13.7 Å². The van der Waals surface area contributed by atoms with Crippen LogP contribution in [-0.4, -0.2) is 46.6 Å². The highest BCUT2D eigenvalue weighted by atomic mass is 19.4. The number of rotatable bonds is 7.